The first-order valence-corrected chi connectivity index (χ1v) is 7.74. The van der Waals surface area contributed by atoms with Crippen LogP contribution in [0.1, 0.15) is 31.1 Å². The molecule has 2 N–H and O–H groups in total. The quantitative estimate of drug-likeness (QED) is 0.917. The van der Waals surface area contributed by atoms with E-state index in [-0.39, 0.29) is 17.3 Å². The van der Waals surface area contributed by atoms with E-state index in [2.05, 4.69) is 0 Å². The van der Waals surface area contributed by atoms with E-state index in [1.54, 1.807) is 12.1 Å². The monoisotopic (exact) mass is 329 g/mol. The van der Waals surface area contributed by atoms with Gasteiger partial charge in [-0.25, -0.2) is 9.18 Å². The molecule has 4 nitrogen and oxygen atoms in total. The van der Waals surface area contributed by atoms with Gasteiger partial charge in [-0.2, -0.15) is 0 Å². The third-order valence-corrected chi connectivity index (χ3v) is 4.50. The first-order valence-electron chi connectivity index (χ1n) is 7.74. The number of nitrogens with two attached hydrogens (primary N) is 1. The van der Waals surface area contributed by atoms with Crippen molar-refractivity contribution >= 4 is 6.09 Å². The summed E-state index contributed by atoms with van der Waals surface area (Å²) in [5, 5.41) is 0. The lowest BCUT2D eigenvalue weighted by atomic mass is 9.87. The van der Waals surface area contributed by atoms with Crippen LogP contribution in [0.5, 0.6) is 5.75 Å². The number of hydrogen-bond acceptors (Lipinski definition) is 3. The van der Waals surface area contributed by atoms with Gasteiger partial charge in [0.15, 0.2) is 0 Å². The van der Waals surface area contributed by atoms with Crippen molar-refractivity contribution in [1.82, 2.24) is 0 Å². The maximum Gasteiger partial charge on any atom is 0.405 e. The molecule has 0 bridgehead atoms. The second kappa shape index (κ2) is 5.82. The molecule has 24 heavy (non-hydrogen) atoms. The zero-order valence-electron chi connectivity index (χ0n) is 13.9. The fourth-order valence-corrected chi connectivity index (χ4v) is 3.38. The van der Waals surface area contributed by atoms with Crippen LogP contribution in [-0.4, -0.2) is 13.2 Å². The number of primary amides is 1. The lowest BCUT2D eigenvalue weighted by Gasteiger charge is -2.26. The van der Waals surface area contributed by atoms with Crippen LogP contribution in [0.25, 0.3) is 11.1 Å². The average molecular weight is 329 g/mol. The van der Waals surface area contributed by atoms with E-state index >= 15 is 0 Å². The molecule has 126 valence electrons. The molecule has 0 spiro atoms. The van der Waals surface area contributed by atoms with Gasteiger partial charge in [-0.15, -0.1) is 0 Å². The lowest BCUT2D eigenvalue weighted by Crippen LogP contribution is -2.25. The lowest BCUT2D eigenvalue weighted by molar-refractivity contribution is 0.0392. The molecule has 1 unspecified atom stereocenters. The minimum Gasteiger partial charge on any atom is -0.497 e. The van der Waals surface area contributed by atoms with E-state index < -0.39 is 6.09 Å². The number of benzene rings is 2. The summed E-state index contributed by atoms with van der Waals surface area (Å²) in [4.78, 5) is 11.2. The minimum atomic E-state index is -0.786. The normalized spacial score (nSPS) is 18.1. The fourth-order valence-electron chi connectivity index (χ4n) is 3.38. The number of carbonyl (C=O) groups is 1. The van der Waals surface area contributed by atoms with E-state index in [0.717, 1.165) is 23.1 Å². The number of ether oxygens (including phenoxy) is 2. The Bertz CT molecular complexity index is 801. The molecule has 2 aromatic rings. The number of carbonyl (C=O) groups excluding carboxylic acids is 1. The summed E-state index contributed by atoms with van der Waals surface area (Å²) >= 11 is 0. The zero-order chi connectivity index (χ0) is 17.5. The predicted octanol–water partition coefficient (Wildman–Crippen LogP) is 4.22. The fraction of sp³-hybridized carbons (Fsp3) is 0.316. The van der Waals surface area contributed by atoms with E-state index in [1.807, 2.05) is 32.0 Å². The Labute approximate surface area is 140 Å². The Hall–Kier alpha value is -2.56. The van der Waals surface area contributed by atoms with Gasteiger partial charge in [0, 0.05) is 17.0 Å². The minimum absolute atomic E-state index is 0.256. The largest absolute Gasteiger partial charge is 0.497 e. The molecular weight excluding hydrogens is 309 g/mol. The van der Waals surface area contributed by atoms with Crippen molar-refractivity contribution in [2.45, 2.75) is 26.4 Å². The number of rotatable bonds is 3. The summed E-state index contributed by atoms with van der Waals surface area (Å²) in [6, 6.07) is 10.5. The van der Waals surface area contributed by atoms with Crippen LogP contribution in [0.15, 0.2) is 36.4 Å². The van der Waals surface area contributed by atoms with Crippen molar-refractivity contribution < 1.29 is 18.7 Å². The Morgan fingerprint density at radius 2 is 2.00 bits per heavy atom. The highest BCUT2D eigenvalue weighted by molar-refractivity contribution is 5.68. The van der Waals surface area contributed by atoms with Gasteiger partial charge in [0.2, 0.25) is 0 Å². The highest BCUT2D eigenvalue weighted by Gasteiger charge is 2.41. The molecule has 1 aliphatic rings. The van der Waals surface area contributed by atoms with Crippen LogP contribution in [0, 0.1) is 11.2 Å². The molecule has 0 aromatic heterocycles. The van der Waals surface area contributed by atoms with Crippen LogP contribution >= 0.6 is 0 Å². The van der Waals surface area contributed by atoms with Crippen molar-refractivity contribution in [3.05, 3.63) is 53.3 Å². The molecule has 3 rings (SSSR count). The number of methoxy groups -OCH3 is 1. The number of hydrogen-bond donors (Lipinski definition) is 1. The standard InChI is InChI=1S/C19H20FNO3/c1-19(2)10-12-8-11(4-6-15(12)17(19)24-18(21)22)14-7-5-13(23-3)9-16(14)20/h4-9,17H,10H2,1-3H3,(H2,21,22). The Balaban J connectivity index is 2.00. The molecule has 1 aliphatic carbocycles. The molecule has 2 aromatic carbocycles. The summed E-state index contributed by atoms with van der Waals surface area (Å²) in [5.41, 5.74) is 8.20. The predicted molar refractivity (Wildman–Crippen MR) is 89.3 cm³/mol. The van der Waals surface area contributed by atoms with E-state index in [1.165, 1.54) is 13.2 Å². The summed E-state index contributed by atoms with van der Waals surface area (Å²) in [6.45, 7) is 4.04. The van der Waals surface area contributed by atoms with Crippen molar-refractivity contribution in [2.75, 3.05) is 7.11 Å². The van der Waals surface area contributed by atoms with Crippen LogP contribution < -0.4 is 10.5 Å². The molecule has 0 saturated carbocycles. The number of halogens is 1. The van der Waals surface area contributed by atoms with Gasteiger partial charge >= 0.3 is 6.09 Å². The topological polar surface area (TPSA) is 61.6 Å². The van der Waals surface area contributed by atoms with E-state index in [4.69, 9.17) is 15.2 Å². The molecule has 0 saturated heterocycles. The molecule has 1 atom stereocenters. The van der Waals surface area contributed by atoms with E-state index in [0.29, 0.717) is 11.3 Å². The molecule has 1 amide bonds. The molecule has 0 heterocycles. The molecule has 0 radical (unpaired) electrons. The van der Waals surface area contributed by atoms with E-state index in [9.17, 15) is 9.18 Å². The summed E-state index contributed by atoms with van der Waals surface area (Å²) in [7, 11) is 1.50. The van der Waals surface area contributed by atoms with Gasteiger partial charge in [-0.3, -0.25) is 0 Å². The van der Waals surface area contributed by atoms with Crippen LogP contribution in [0.4, 0.5) is 9.18 Å². The van der Waals surface area contributed by atoms with Crippen LogP contribution in [-0.2, 0) is 11.2 Å². The number of fused-ring (bicyclic) bond motifs is 1. The zero-order valence-corrected chi connectivity index (χ0v) is 13.9. The maximum absolute atomic E-state index is 14.3. The SMILES string of the molecule is COc1ccc(-c2ccc3c(c2)CC(C)(C)C3OC(N)=O)c(F)c1. The third kappa shape index (κ3) is 2.82. The van der Waals surface area contributed by atoms with Gasteiger partial charge in [0.25, 0.3) is 0 Å². The van der Waals surface area contributed by atoms with Gasteiger partial charge in [-0.1, -0.05) is 32.0 Å². The summed E-state index contributed by atoms with van der Waals surface area (Å²) < 4.78 is 24.6. The molecular formula is C19H20FNO3. The van der Waals surface area contributed by atoms with Crippen molar-refractivity contribution in [1.29, 1.82) is 0 Å². The number of amides is 1. The van der Waals surface area contributed by atoms with Crippen molar-refractivity contribution in [2.24, 2.45) is 11.1 Å². The van der Waals surface area contributed by atoms with Gasteiger partial charge in [-0.05, 0) is 35.2 Å². The van der Waals surface area contributed by atoms with Crippen LogP contribution in [0.3, 0.4) is 0 Å². The molecule has 5 heteroatoms. The average Bonchev–Trinajstić information content (AvgIpc) is 2.76. The third-order valence-electron chi connectivity index (χ3n) is 4.50. The van der Waals surface area contributed by atoms with Crippen molar-refractivity contribution in [3.8, 4) is 16.9 Å². The molecule has 0 fully saturated rings. The second-order valence-electron chi connectivity index (χ2n) is 6.74. The van der Waals surface area contributed by atoms with Crippen LogP contribution in [0.2, 0.25) is 0 Å². The molecule has 0 aliphatic heterocycles. The van der Waals surface area contributed by atoms with Gasteiger partial charge < -0.3 is 15.2 Å². The van der Waals surface area contributed by atoms with Gasteiger partial charge in [0.05, 0.1) is 7.11 Å². The highest BCUT2D eigenvalue weighted by Crippen LogP contribution is 2.48. The first-order chi connectivity index (χ1) is 11.3. The Morgan fingerprint density at radius 3 is 2.62 bits per heavy atom. The summed E-state index contributed by atoms with van der Waals surface area (Å²) in [5.74, 6) is 0.143. The Morgan fingerprint density at radius 1 is 1.25 bits per heavy atom. The smallest absolute Gasteiger partial charge is 0.405 e. The first kappa shape index (κ1) is 16.3. The van der Waals surface area contributed by atoms with Crippen molar-refractivity contribution in [3.63, 3.8) is 0 Å². The maximum atomic E-state index is 14.3. The van der Waals surface area contributed by atoms with Gasteiger partial charge in [0.1, 0.15) is 17.7 Å². The Kier molecular flexibility index (Phi) is 3.95. The highest BCUT2D eigenvalue weighted by atomic mass is 19.1. The summed E-state index contributed by atoms with van der Waals surface area (Å²) in [6.07, 6.45) is -0.447. The second-order valence-corrected chi connectivity index (χ2v) is 6.74.